The summed E-state index contributed by atoms with van der Waals surface area (Å²) < 4.78 is 0. The first-order chi connectivity index (χ1) is 10.1. The largest absolute Gasteiger partial charge is 0.351 e. The summed E-state index contributed by atoms with van der Waals surface area (Å²) in [6.07, 6.45) is 0. The fourth-order valence-corrected chi connectivity index (χ4v) is 2.68. The average Bonchev–Trinajstić information content (AvgIpc) is 2.53. The first kappa shape index (κ1) is 16.0. The fourth-order valence-electron chi connectivity index (χ4n) is 2.68. The zero-order chi connectivity index (χ0) is 15.2. The van der Waals surface area contributed by atoms with Crippen molar-refractivity contribution in [1.29, 1.82) is 0 Å². The Balaban J connectivity index is 1.78. The van der Waals surface area contributed by atoms with Crippen molar-refractivity contribution in [1.82, 2.24) is 15.1 Å². The lowest BCUT2D eigenvalue weighted by Crippen LogP contribution is -2.53. The number of benzene rings is 1. The van der Waals surface area contributed by atoms with Crippen molar-refractivity contribution >= 4 is 5.91 Å². The molecule has 1 aliphatic heterocycles. The van der Waals surface area contributed by atoms with Crippen LogP contribution in [0.1, 0.15) is 25.0 Å². The minimum absolute atomic E-state index is 0.0468. The predicted molar refractivity (Wildman–Crippen MR) is 86.2 cm³/mol. The van der Waals surface area contributed by atoms with Crippen molar-refractivity contribution in [2.24, 2.45) is 0 Å². The van der Waals surface area contributed by atoms with Gasteiger partial charge in [-0.3, -0.25) is 9.69 Å². The third-order valence-corrected chi connectivity index (χ3v) is 4.37. The first-order valence-electron chi connectivity index (χ1n) is 7.90. The molecular weight excluding hydrogens is 262 g/mol. The molecule has 1 aliphatic rings. The molecule has 1 aromatic rings. The Hall–Kier alpha value is -1.39. The zero-order valence-electron chi connectivity index (χ0n) is 13.4. The second kappa shape index (κ2) is 7.57. The van der Waals surface area contributed by atoms with E-state index in [1.165, 1.54) is 5.56 Å². The van der Waals surface area contributed by atoms with Gasteiger partial charge in [0.25, 0.3) is 0 Å². The van der Waals surface area contributed by atoms with Crippen LogP contribution in [0.25, 0.3) is 0 Å². The van der Waals surface area contributed by atoms with Crippen molar-refractivity contribution in [3.63, 3.8) is 0 Å². The monoisotopic (exact) mass is 289 g/mol. The molecule has 1 heterocycles. The molecule has 21 heavy (non-hydrogen) atoms. The Labute approximate surface area is 128 Å². The maximum Gasteiger partial charge on any atom is 0.237 e. The van der Waals surface area contributed by atoms with E-state index in [0.29, 0.717) is 6.54 Å². The third kappa shape index (κ3) is 4.55. The standard InChI is InChI=1S/C17H27N3O/c1-4-19-9-11-20(12-10-19)15(3)17(21)18-13-16-7-5-14(2)6-8-16/h5-8,15H,4,9-13H2,1-3H3,(H,18,21). The van der Waals surface area contributed by atoms with E-state index in [0.717, 1.165) is 38.3 Å². The van der Waals surface area contributed by atoms with Crippen molar-refractivity contribution < 1.29 is 4.79 Å². The number of hydrogen-bond donors (Lipinski definition) is 1. The zero-order valence-corrected chi connectivity index (χ0v) is 13.4. The van der Waals surface area contributed by atoms with Crippen LogP contribution in [-0.4, -0.2) is 54.5 Å². The summed E-state index contributed by atoms with van der Waals surface area (Å²) in [7, 11) is 0. The number of amides is 1. The van der Waals surface area contributed by atoms with E-state index < -0.39 is 0 Å². The maximum absolute atomic E-state index is 12.3. The van der Waals surface area contributed by atoms with Gasteiger partial charge in [0, 0.05) is 32.7 Å². The number of carbonyl (C=O) groups is 1. The van der Waals surface area contributed by atoms with Crippen LogP contribution < -0.4 is 5.32 Å². The lowest BCUT2D eigenvalue weighted by Gasteiger charge is -2.36. The van der Waals surface area contributed by atoms with Gasteiger partial charge in [0.1, 0.15) is 0 Å². The quantitative estimate of drug-likeness (QED) is 0.895. The van der Waals surface area contributed by atoms with Crippen LogP contribution in [0.3, 0.4) is 0 Å². The predicted octanol–water partition coefficient (Wildman–Crippen LogP) is 1.64. The SMILES string of the molecule is CCN1CCN(C(C)C(=O)NCc2ccc(C)cc2)CC1. The molecule has 0 bridgehead atoms. The number of aryl methyl sites for hydroxylation is 1. The highest BCUT2D eigenvalue weighted by Crippen LogP contribution is 2.07. The van der Waals surface area contributed by atoms with E-state index in [4.69, 9.17) is 0 Å². The fraction of sp³-hybridized carbons (Fsp3) is 0.588. The molecule has 1 fully saturated rings. The molecular formula is C17H27N3O. The molecule has 0 aliphatic carbocycles. The summed E-state index contributed by atoms with van der Waals surface area (Å²) in [6.45, 7) is 12.1. The Morgan fingerprint density at radius 3 is 2.38 bits per heavy atom. The molecule has 1 unspecified atom stereocenters. The molecule has 2 rings (SSSR count). The summed E-state index contributed by atoms with van der Waals surface area (Å²) >= 11 is 0. The molecule has 0 spiro atoms. The minimum atomic E-state index is -0.0468. The second-order valence-electron chi connectivity index (χ2n) is 5.85. The van der Waals surface area contributed by atoms with E-state index in [-0.39, 0.29) is 11.9 Å². The maximum atomic E-state index is 12.3. The molecule has 4 nitrogen and oxygen atoms in total. The summed E-state index contributed by atoms with van der Waals surface area (Å²) in [5.41, 5.74) is 2.39. The molecule has 1 N–H and O–H groups in total. The third-order valence-electron chi connectivity index (χ3n) is 4.37. The van der Waals surface area contributed by atoms with Crippen LogP contribution in [0.4, 0.5) is 0 Å². The average molecular weight is 289 g/mol. The van der Waals surface area contributed by atoms with Gasteiger partial charge in [0.15, 0.2) is 0 Å². The summed E-state index contributed by atoms with van der Waals surface area (Å²) in [6, 6.07) is 8.25. The topological polar surface area (TPSA) is 35.6 Å². The van der Waals surface area contributed by atoms with Crippen LogP contribution in [-0.2, 0) is 11.3 Å². The van der Waals surface area contributed by atoms with Crippen LogP contribution in [0.5, 0.6) is 0 Å². The molecule has 0 saturated carbocycles. The smallest absolute Gasteiger partial charge is 0.237 e. The number of nitrogens with one attached hydrogen (secondary N) is 1. The Morgan fingerprint density at radius 2 is 1.81 bits per heavy atom. The van der Waals surface area contributed by atoms with Gasteiger partial charge < -0.3 is 10.2 Å². The first-order valence-corrected chi connectivity index (χ1v) is 7.90. The highest BCUT2D eigenvalue weighted by molar-refractivity contribution is 5.81. The Morgan fingerprint density at radius 1 is 1.19 bits per heavy atom. The Kier molecular flexibility index (Phi) is 5.76. The van der Waals surface area contributed by atoms with E-state index in [1.807, 2.05) is 6.92 Å². The second-order valence-corrected chi connectivity index (χ2v) is 5.85. The molecule has 116 valence electrons. The van der Waals surface area contributed by atoms with Gasteiger partial charge in [0.2, 0.25) is 5.91 Å². The summed E-state index contributed by atoms with van der Waals surface area (Å²) in [5, 5.41) is 3.05. The van der Waals surface area contributed by atoms with Gasteiger partial charge >= 0.3 is 0 Å². The number of likely N-dealkylation sites (N-methyl/N-ethyl adjacent to an activating group) is 1. The number of rotatable bonds is 5. The number of hydrogen-bond acceptors (Lipinski definition) is 3. The number of carbonyl (C=O) groups excluding carboxylic acids is 1. The molecule has 1 aromatic carbocycles. The lowest BCUT2D eigenvalue weighted by molar-refractivity contribution is -0.126. The van der Waals surface area contributed by atoms with Crippen molar-refractivity contribution in [3.05, 3.63) is 35.4 Å². The van der Waals surface area contributed by atoms with Gasteiger partial charge in [-0.1, -0.05) is 36.8 Å². The highest BCUT2D eigenvalue weighted by atomic mass is 16.2. The number of piperazine rings is 1. The number of nitrogens with zero attached hydrogens (tertiary/aromatic N) is 2. The van der Waals surface area contributed by atoms with Crippen LogP contribution in [0.15, 0.2) is 24.3 Å². The normalized spacial score (nSPS) is 18.4. The molecule has 0 radical (unpaired) electrons. The van der Waals surface area contributed by atoms with Crippen molar-refractivity contribution in [2.45, 2.75) is 33.4 Å². The van der Waals surface area contributed by atoms with E-state index in [1.54, 1.807) is 0 Å². The molecule has 1 atom stereocenters. The van der Waals surface area contributed by atoms with E-state index in [2.05, 4.69) is 53.2 Å². The van der Waals surface area contributed by atoms with Gasteiger partial charge in [-0.2, -0.15) is 0 Å². The summed E-state index contributed by atoms with van der Waals surface area (Å²) in [4.78, 5) is 17.0. The highest BCUT2D eigenvalue weighted by Gasteiger charge is 2.24. The van der Waals surface area contributed by atoms with Crippen LogP contribution >= 0.6 is 0 Å². The molecule has 4 heteroatoms. The van der Waals surface area contributed by atoms with Crippen molar-refractivity contribution in [3.8, 4) is 0 Å². The van der Waals surface area contributed by atoms with Gasteiger partial charge in [-0.25, -0.2) is 0 Å². The molecule has 0 aromatic heterocycles. The van der Waals surface area contributed by atoms with E-state index >= 15 is 0 Å². The molecule has 1 amide bonds. The van der Waals surface area contributed by atoms with Crippen LogP contribution in [0.2, 0.25) is 0 Å². The lowest BCUT2D eigenvalue weighted by atomic mass is 10.1. The van der Waals surface area contributed by atoms with Crippen molar-refractivity contribution in [2.75, 3.05) is 32.7 Å². The van der Waals surface area contributed by atoms with Gasteiger partial charge in [-0.05, 0) is 26.0 Å². The Bertz CT molecular complexity index is 450. The van der Waals surface area contributed by atoms with Gasteiger partial charge in [-0.15, -0.1) is 0 Å². The van der Waals surface area contributed by atoms with Crippen LogP contribution in [0, 0.1) is 6.92 Å². The van der Waals surface area contributed by atoms with Gasteiger partial charge in [0.05, 0.1) is 6.04 Å². The molecule has 1 saturated heterocycles. The van der Waals surface area contributed by atoms with E-state index in [9.17, 15) is 4.79 Å². The minimum Gasteiger partial charge on any atom is -0.351 e. The summed E-state index contributed by atoms with van der Waals surface area (Å²) in [5.74, 6) is 0.125.